The van der Waals surface area contributed by atoms with Gasteiger partial charge in [-0.15, -0.1) is 0 Å². The lowest BCUT2D eigenvalue weighted by atomic mass is 10.1. The summed E-state index contributed by atoms with van der Waals surface area (Å²) in [6, 6.07) is 0.241. The van der Waals surface area contributed by atoms with Gasteiger partial charge in [-0.25, -0.2) is 0 Å². The zero-order chi connectivity index (χ0) is 9.97. The zero-order valence-corrected chi connectivity index (χ0v) is 8.45. The van der Waals surface area contributed by atoms with E-state index in [1.165, 1.54) is 0 Å². The second-order valence-electron chi connectivity index (χ2n) is 4.21. The molecule has 2 N–H and O–H groups in total. The van der Waals surface area contributed by atoms with E-state index in [0.29, 0.717) is 19.1 Å². The standard InChI is InChI=1S/C10H18N2O2/c11-9-2-1-8(7-9)10(13)12-3-5-14-6-4-12/h8-9H,1-7,11H2/t8-,9+/m1/s1. The second kappa shape index (κ2) is 4.28. The van der Waals surface area contributed by atoms with Gasteiger partial charge in [-0.3, -0.25) is 4.79 Å². The van der Waals surface area contributed by atoms with Crippen molar-refractivity contribution in [3.05, 3.63) is 0 Å². The van der Waals surface area contributed by atoms with Crippen molar-refractivity contribution in [1.82, 2.24) is 4.90 Å². The zero-order valence-electron chi connectivity index (χ0n) is 8.45. The lowest BCUT2D eigenvalue weighted by Crippen LogP contribution is -2.43. The molecule has 0 bridgehead atoms. The largest absolute Gasteiger partial charge is 0.378 e. The molecule has 2 rings (SSSR count). The van der Waals surface area contributed by atoms with Crippen molar-refractivity contribution in [3.63, 3.8) is 0 Å². The highest BCUT2D eigenvalue weighted by Crippen LogP contribution is 2.26. The third kappa shape index (κ3) is 2.07. The maximum atomic E-state index is 12.0. The Morgan fingerprint density at radius 1 is 1.29 bits per heavy atom. The number of nitrogens with two attached hydrogens (primary N) is 1. The summed E-state index contributed by atoms with van der Waals surface area (Å²) < 4.78 is 5.22. The van der Waals surface area contributed by atoms with Crippen LogP contribution in [0.3, 0.4) is 0 Å². The molecule has 2 aliphatic rings. The van der Waals surface area contributed by atoms with Gasteiger partial charge in [0.05, 0.1) is 13.2 Å². The minimum Gasteiger partial charge on any atom is -0.378 e. The number of amides is 1. The number of rotatable bonds is 1. The number of carbonyl (C=O) groups excluding carboxylic acids is 1. The molecule has 2 fully saturated rings. The maximum Gasteiger partial charge on any atom is 0.225 e. The summed E-state index contributed by atoms with van der Waals surface area (Å²) in [5.74, 6) is 0.476. The van der Waals surface area contributed by atoms with E-state index in [1.807, 2.05) is 4.90 Å². The molecule has 1 heterocycles. The number of hydrogen-bond donors (Lipinski definition) is 1. The third-order valence-corrected chi connectivity index (χ3v) is 3.15. The summed E-state index contributed by atoms with van der Waals surface area (Å²) in [4.78, 5) is 13.9. The fraction of sp³-hybridized carbons (Fsp3) is 0.900. The van der Waals surface area contributed by atoms with Crippen molar-refractivity contribution in [2.45, 2.75) is 25.3 Å². The highest BCUT2D eigenvalue weighted by molar-refractivity contribution is 5.79. The van der Waals surface area contributed by atoms with E-state index in [1.54, 1.807) is 0 Å². The molecule has 0 radical (unpaired) electrons. The minimum absolute atomic E-state index is 0.183. The van der Waals surface area contributed by atoms with Gasteiger partial charge in [-0.2, -0.15) is 0 Å². The van der Waals surface area contributed by atoms with Crippen LogP contribution < -0.4 is 5.73 Å². The first-order valence-electron chi connectivity index (χ1n) is 5.39. The smallest absolute Gasteiger partial charge is 0.225 e. The van der Waals surface area contributed by atoms with Crippen molar-refractivity contribution >= 4 is 5.91 Å². The molecule has 1 aliphatic heterocycles. The van der Waals surface area contributed by atoms with Crippen LogP contribution in [-0.4, -0.2) is 43.2 Å². The topological polar surface area (TPSA) is 55.6 Å². The summed E-state index contributed by atoms with van der Waals surface area (Å²) in [7, 11) is 0. The Kier molecular flexibility index (Phi) is 3.03. The van der Waals surface area contributed by atoms with Gasteiger partial charge in [-0.1, -0.05) is 0 Å². The summed E-state index contributed by atoms with van der Waals surface area (Å²) in [6.07, 6.45) is 2.84. The van der Waals surface area contributed by atoms with E-state index < -0.39 is 0 Å². The first-order chi connectivity index (χ1) is 6.77. The molecule has 4 nitrogen and oxygen atoms in total. The molecule has 0 spiro atoms. The molecular weight excluding hydrogens is 180 g/mol. The molecular formula is C10H18N2O2. The Morgan fingerprint density at radius 2 is 2.00 bits per heavy atom. The Labute approximate surface area is 84.4 Å². The minimum atomic E-state index is 0.183. The van der Waals surface area contributed by atoms with E-state index in [0.717, 1.165) is 32.4 Å². The Bertz CT molecular complexity index is 207. The van der Waals surface area contributed by atoms with Crippen LogP contribution in [0, 0.1) is 5.92 Å². The van der Waals surface area contributed by atoms with Crippen molar-refractivity contribution < 1.29 is 9.53 Å². The number of ether oxygens (including phenoxy) is 1. The predicted molar refractivity (Wildman–Crippen MR) is 52.7 cm³/mol. The predicted octanol–water partition coefficient (Wildman–Crippen LogP) is -0.0274. The molecule has 0 unspecified atom stereocenters. The third-order valence-electron chi connectivity index (χ3n) is 3.15. The first kappa shape index (κ1) is 9.93. The van der Waals surface area contributed by atoms with Crippen LogP contribution in [0.2, 0.25) is 0 Å². The first-order valence-corrected chi connectivity index (χ1v) is 5.39. The summed E-state index contributed by atoms with van der Waals surface area (Å²) in [5, 5.41) is 0. The van der Waals surface area contributed by atoms with E-state index >= 15 is 0 Å². The van der Waals surface area contributed by atoms with Crippen molar-refractivity contribution in [1.29, 1.82) is 0 Å². The van der Waals surface area contributed by atoms with Crippen molar-refractivity contribution in [2.24, 2.45) is 11.7 Å². The molecule has 0 aromatic carbocycles. The summed E-state index contributed by atoms with van der Waals surface area (Å²) in [6.45, 7) is 2.88. The molecule has 0 aromatic rings. The normalized spacial score (nSPS) is 33.4. The van der Waals surface area contributed by atoms with Crippen LogP contribution in [0.5, 0.6) is 0 Å². The van der Waals surface area contributed by atoms with Crippen LogP contribution in [0.1, 0.15) is 19.3 Å². The number of carbonyl (C=O) groups is 1. The molecule has 14 heavy (non-hydrogen) atoms. The average Bonchev–Trinajstić information content (AvgIpc) is 2.65. The van der Waals surface area contributed by atoms with Gasteiger partial charge in [0.2, 0.25) is 5.91 Å². The van der Waals surface area contributed by atoms with Crippen LogP contribution >= 0.6 is 0 Å². The van der Waals surface area contributed by atoms with Crippen LogP contribution in [0.25, 0.3) is 0 Å². The quantitative estimate of drug-likeness (QED) is 0.644. The molecule has 80 valence electrons. The van der Waals surface area contributed by atoms with Gasteiger partial charge in [0.25, 0.3) is 0 Å². The van der Waals surface area contributed by atoms with Gasteiger partial charge in [0, 0.05) is 25.0 Å². The number of hydrogen-bond acceptors (Lipinski definition) is 3. The van der Waals surface area contributed by atoms with Gasteiger partial charge in [0.15, 0.2) is 0 Å². The highest BCUT2D eigenvalue weighted by Gasteiger charge is 2.31. The van der Waals surface area contributed by atoms with Gasteiger partial charge in [0.1, 0.15) is 0 Å². The SMILES string of the molecule is N[C@H]1CC[C@@H](C(=O)N2CCOCC2)C1. The monoisotopic (exact) mass is 198 g/mol. The van der Waals surface area contributed by atoms with Gasteiger partial charge >= 0.3 is 0 Å². The fourth-order valence-electron chi connectivity index (χ4n) is 2.28. The number of morpholine rings is 1. The second-order valence-corrected chi connectivity index (χ2v) is 4.21. The Morgan fingerprint density at radius 3 is 2.57 bits per heavy atom. The van der Waals surface area contributed by atoms with E-state index in [-0.39, 0.29) is 12.0 Å². The average molecular weight is 198 g/mol. The fourth-order valence-corrected chi connectivity index (χ4v) is 2.28. The molecule has 1 saturated heterocycles. The Hall–Kier alpha value is -0.610. The van der Waals surface area contributed by atoms with Crippen LogP contribution in [0.4, 0.5) is 0 Å². The molecule has 2 atom stereocenters. The lowest BCUT2D eigenvalue weighted by molar-refractivity contribution is -0.139. The highest BCUT2D eigenvalue weighted by atomic mass is 16.5. The van der Waals surface area contributed by atoms with Crippen molar-refractivity contribution in [2.75, 3.05) is 26.3 Å². The summed E-state index contributed by atoms with van der Waals surface area (Å²) >= 11 is 0. The molecule has 1 amide bonds. The van der Waals surface area contributed by atoms with Crippen molar-refractivity contribution in [3.8, 4) is 0 Å². The van der Waals surface area contributed by atoms with E-state index in [2.05, 4.69) is 0 Å². The van der Waals surface area contributed by atoms with Crippen LogP contribution in [-0.2, 0) is 9.53 Å². The molecule has 0 aromatic heterocycles. The summed E-state index contributed by atoms with van der Waals surface area (Å²) in [5.41, 5.74) is 5.80. The Balaban J connectivity index is 1.87. The molecule has 1 saturated carbocycles. The van der Waals surface area contributed by atoms with Crippen LogP contribution in [0.15, 0.2) is 0 Å². The van der Waals surface area contributed by atoms with E-state index in [4.69, 9.17) is 10.5 Å². The lowest BCUT2D eigenvalue weighted by Gasteiger charge is -2.29. The van der Waals surface area contributed by atoms with E-state index in [9.17, 15) is 4.79 Å². The molecule has 4 heteroatoms. The van der Waals surface area contributed by atoms with Gasteiger partial charge in [-0.05, 0) is 19.3 Å². The maximum absolute atomic E-state index is 12.0. The molecule has 1 aliphatic carbocycles. The van der Waals surface area contributed by atoms with Gasteiger partial charge < -0.3 is 15.4 Å². The number of nitrogens with zero attached hydrogens (tertiary/aromatic N) is 1.